The van der Waals surface area contributed by atoms with Gasteiger partial charge >= 0.3 is 6.03 Å². The van der Waals surface area contributed by atoms with Crippen molar-refractivity contribution in [1.29, 1.82) is 0 Å². The highest BCUT2D eigenvalue weighted by atomic mass is 16.5. The Labute approximate surface area is 269 Å². The van der Waals surface area contributed by atoms with E-state index in [2.05, 4.69) is 55.9 Å². The molecule has 3 N–H and O–H groups in total. The van der Waals surface area contributed by atoms with Crippen molar-refractivity contribution in [3.05, 3.63) is 108 Å². The van der Waals surface area contributed by atoms with Gasteiger partial charge in [-0.15, -0.1) is 0 Å². The van der Waals surface area contributed by atoms with Crippen molar-refractivity contribution in [3.63, 3.8) is 0 Å². The van der Waals surface area contributed by atoms with Gasteiger partial charge in [-0.2, -0.15) is 0 Å². The number of aromatic nitrogens is 1. The van der Waals surface area contributed by atoms with Crippen LogP contribution in [-0.2, 0) is 6.54 Å². The Kier molecular flexibility index (Phi) is 9.21. The van der Waals surface area contributed by atoms with Gasteiger partial charge in [-0.25, -0.2) is 4.79 Å². The van der Waals surface area contributed by atoms with Crippen molar-refractivity contribution in [3.8, 4) is 22.9 Å². The topological polar surface area (TPSA) is 96.9 Å². The summed E-state index contributed by atoms with van der Waals surface area (Å²) in [6.45, 7) is 7.04. The Morgan fingerprint density at radius 1 is 0.826 bits per heavy atom. The predicted octanol–water partition coefficient (Wildman–Crippen LogP) is 7.81. The monoisotopic (exact) mass is 617 g/mol. The normalized spacial score (nSPS) is 13.1. The van der Waals surface area contributed by atoms with Crippen LogP contribution in [0.25, 0.3) is 16.6 Å². The molecule has 4 aromatic carbocycles. The lowest BCUT2D eigenvalue weighted by Crippen LogP contribution is -2.34. The molecule has 6 rings (SSSR count). The summed E-state index contributed by atoms with van der Waals surface area (Å²) in [6, 6.07) is 28.2. The number of amides is 3. The average molecular weight is 618 g/mol. The number of carbonyl (C=O) groups excluding carboxylic acids is 2. The zero-order chi connectivity index (χ0) is 32.0. The lowest BCUT2D eigenvalue weighted by molar-refractivity contribution is 0.102. The van der Waals surface area contributed by atoms with E-state index in [1.807, 2.05) is 38.1 Å². The molecule has 3 amide bonds. The first-order valence-electron chi connectivity index (χ1n) is 15.6. The number of methoxy groups -OCH3 is 1. The summed E-state index contributed by atoms with van der Waals surface area (Å²) >= 11 is 0. The standard InChI is InChI=1S/C37H39N5O4/c1-25(2)38-37(44)40-29-14-19-34(35(22-29)45-3)46-31-17-12-28(13-18-31)39-36(43)26-10-15-30(16-11-26)42-24-27(23-41-20-6-7-21-41)32-8-4-5-9-33(32)42/h4-5,8-19,22,24-25H,6-7,20-21,23H2,1-3H3,(H,39,43)(H2,38,40,44). The molecule has 0 bridgehead atoms. The van der Waals surface area contributed by atoms with Crippen molar-refractivity contribution in [2.24, 2.45) is 0 Å². The molecule has 0 saturated carbocycles. The first-order valence-corrected chi connectivity index (χ1v) is 15.6. The molecule has 1 fully saturated rings. The molecule has 1 aliphatic rings. The Balaban J connectivity index is 1.09. The van der Waals surface area contributed by atoms with E-state index in [0.29, 0.717) is 34.2 Å². The number of hydrogen-bond donors (Lipinski definition) is 3. The molecule has 0 atom stereocenters. The lowest BCUT2D eigenvalue weighted by atomic mass is 10.1. The van der Waals surface area contributed by atoms with Gasteiger partial charge in [0.2, 0.25) is 0 Å². The number of nitrogens with one attached hydrogen (secondary N) is 3. The molecule has 1 saturated heterocycles. The number of rotatable bonds is 10. The number of urea groups is 1. The van der Waals surface area contributed by atoms with Crippen LogP contribution in [0.2, 0.25) is 0 Å². The van der Waals surface area contributed by atoms with E-state index in [4.69, 9.17) is 9.47 Å². The largest absolute Gasteiger partial charge is 0.493 e. The van der Waals surface area contributed by atoms with Gasteiger partial charge in [0, 0.05) is 52.9 Å². The van der Waals surface area contributed by atoms with Gasteiger partial charge in [0.15, 0.2) is 11.5 Å². The van der Waals surface area contributed by atoms with E-state index in [9.17, 15) is 9.59 Å². The van der Waals surface area contributed by atoms with E-state index in [0.717, 1.165) is 30.8 Å². The number of likely N-dealkylation sites (tertiary alicyclic amines) is 1. The van der Waals surface area contributed by atoms with Crippen LogP contribution in [0, 0.1) is 0 Å². The van der Waals surface area contributed by atoms with Gasteiger partial charge in [-0.05, 0) is 112 Å². The fourth-order valence-electron chi connectivity index (χ4n) is 5.74. The summed E-state index contributed by atoms with van der Waals surface area (Å²) in [5, 5.41) is 9.80. The molecule has 9 heteroatoms. The van der Waals surface area contributed by atoms with E-state index in [1.165, 1.54) is 23.8 Å². The van der Waals surface area contributed by atoms with Crippen LogP contribution in [-0.4, -0.2) is 47.6 Å². The zero-order valence-corrected chi connectivity index (χ0v) is 26.4. The zero-order valence-electron chi connectivity index (χ0n) is 26.4. The fourth-order valence-corrected chi connectivity index (χ4v) is 5.74. The number of fused-ring (bicyclic) bond motifs is 1. The molecule has 0 unspecified atom stereocenters. The minimum atomic E-state index is -0.296. The molecule has 1 aliphatic heterocycles. The van der Waals surface area contributed by atoms with Gasteiger partial charge in [0.25, 0.3) is 5.91 Å². The van der Waals surface area contributed by atoms with Crippen molar-refractivity contribution < 1.29 is 19.1 Å². The minimum absolute atomic E-state index is 0.0204. The SMILES string of the molecule is COc1cc(NC(=O)NC(C)C)ccc1Oc1ccc(NC(=O)c2ccc(-n3cc(CN4CCCC4)c4ccccc43)cc2)cc1. The summed E-state index contributed by atoms with van der Waals surface area (Å²) in [4.78, 5) is 27.6. The molecular formula is C37H39N5O4. The number of anilines is 2. The van der Waals surface area contributed by atoms with Crippen LogP contribution in [0.5, 0.6) is 17.2 Å². The predicted molar refractivity (Wildman–Crippen MR) is 183 cm³/mol. The van der Waals surface area contributed by atoms with Gasteiger partial charge < -0.3 is 30.0 Å². The molecule has 0 aliphatic carbocycles. The Hall–Kier alpha value is -5.28. The van der Waals surface area contributed by atoms with E-state index >= 15 is 0 Å². The molecule has 5 aromatic rings. The van der Waals surface area contributed by atoms with Crippen LogP contribution in [0.15, 0.2) is 97.2 Å². The number of ether oxygens (including phenoxy) is 2. The third kappa shape index (κ3) is 7.16. The van der Waals surface area contributed by atoms with Crippen LogP contribution in [0.1, 0.15) is 42.6 Å². The number of para-hydroxylation sites is 1. The summed E-state index contributed by atoms with van der Waals surface area (Å²) in [5.41, 5.74) is 5.30. The van der Waals surface area contributed by atoms with Crippen LogP contribution in [0.3, 0.4) is 0 Å². The number of carbonyl (C=O) groups is 2. The summed E-state index contributed by atoms with van der Waals surface area (Å²) in [6.07, 6.45) is 4.77. The van der Waals surface area contributed by atoms with Crippen molar-refractivity contribution >= 4 is 34.2 Å². The van der Waals surface area contributed by atoms with Crippen LogP contribution >= 0.6 is 0 Å². The van der Waals surface area contributed by atoms with Crippen molar-refractivity contribution in [2.75, 3.05) is 30.8 Å². The van der Waals surface area contributed by atoms with Gasteiger partial charge in [-0.3, -0.25) is 9.69 Å². The highest BCUT2D eigenvalue weighted by Gasteiger charge is 2.17. The van der Waals surface area contributed by atoms with Crippen LogP contribution < -0.4 is 25.4 Å². The molecule has 236 valence electrons. The molecule has 0 radical (unpaired) electrons. The average Bonchev–Trinajstić information content (AvgIpc) is 3.71. The molecule has 1 aromatic heterocycles. The van der Waals surface area contributed by atoms with Crippen LogP contribution in [0.4, 0.5) is 16.2 Å². The second kappa shape index (κ2) is 13.8. The second-order valence-electron chi connectivity index (χ2n) is 11.8. The summed E-state index contributed by atoms with van der Waals surface area (Å²) < 4.78 is 13.7. The fraction of sp³-hybridized carbons (Fsp3) is 0.243. The maximum atomic E-state index is 13.1. The van der Waals surface area contributed by atoms with E-state index < -0.39 is 0 Å². The van der Waals surface area contributed by atoms with E-state index in [-0.39, 0.29) is 18.0 Å². The highest BCUT2D eigenvalue weighted by Crippen LogP contribution is 2.34. The Morgan fingerprint density at radius 2 is 1.54 bits per heavy atom. The first-order chi connectivity index (χ1) is 22.4. The van der Waals surface area contributed by atoms with Crippen molar-refractivity contribution in [2.45, 2.75) is 39.3 Å². The molecule has 0 spiro atoms. The third-order valence-corrected chi connectivity index (χ3v) is 7.98. The van der Waals surface area contributed by atoms with E-state index in [1.54, 1.807) is 49.6 Å². The molecule has 9 nitrogen and oxygen atoms in total. The van der Waals surface area contributed by atoms with Gasteiger partial charge in [0.1, 0.15) is 5.75 Å². The molecule has 46 heavy (non-hydrogen) atoms. The Bertz CT molecular complexity index is 1820. The van der Waals surface area contributed by atoms with Crippen molar-refractivity contribution in [1.82, 2.24) is 14.8 Å². The quantitative estimate of drug-likeness (QED) is 0.149. The molecular weight excluding hydrogens is 578 g/mol. The summed E-state index contributed by atoms with van der Waals surface area (Å²) in [7, 11) is 1.54. The van der Waals surface area contributed by atoms with Gasteiger partial charge in [0.05, 0.1) is 12.6 Å². The lowest BCUT2D eigenvalue weighted by Gasteiger charge is -2.14. The Morgan fingerprint density at radius 3 is 2.26 bits per heavy atom. The smallest absolute Gasteiger partial charge is 0.319 e. The number of nitrogens with zero attached hydrogens (tertiary/aromatic N) is 2. The maximum Gasteiger partial charge on any atom is 0.319 e. The number of hydrogen-bond acceptors (Lipinski definition) is 5. The first kappa shape index (κ1) is 30.7. The third-order valence-electron chi connectivity index (χ3n) is 7.98. The number of benzene rings is 4. The van der Waals surface area contributed by atoms with Gasteiger partial charge in [-0.1, -0.05) is 18.2 Å². The minimum Gasteiger partial charge on any atom is -0.493 e. The maximum absolute atomic E-state index is 13.1. The summed E-state index contributed by atoms with van der Waals surface area (Å²) in [5.74, 6) is 1.34. The highest BCUT2D eigenvalue weighted by molar-refractivity contribution is 6.04. The second-order valence-corrected chi connectivity index (χ2v) is 11.8. The molecule has 2 heterocycles.